The van der Waals surface area contributed by atoms with Crippen molar-refractivity contribution in [1.29, 1.82) is 0 Å². The number of hydrogen-bond donors (Lipinski definition) is 0. The predicted octanol–water partition coefficient (Wildman–Crippen LogP) is 2.04. The van der Waals surface area contributed by atoms with Crippen molar-refractivity contribution < 1.29 is 9.47 Å². The highest BCUT2D eigenvalue weighted by Gasteiger charge is 1.98. The number of hydrogen-bond acceptors (Lipinski definition) is 2. The summed E-state index contributed by atoms with van der Waals surface area (Å²) < 4.78 is 10.5. The molecule has 1 radical (unpaired) electrons. The Kier molecular flexibility index (Phi) is 7.96. The molecule has 11 heavy (non-hydrogen) atoms. The van der Waals surface area contributed by atoms with E-state index in [1.807, 2.05) is 0 Å². The molecule has 0 N–H and O–H groups in total. The lowest BCUT2D eigenvalue weighted by Gasteiger charge is -2.11. The molecule has 0 rings (SSSR count). The Balaban J connectivity index is 2.97. The monoisotopic (exact) mass is 159 g/mol. The van der Waals surface area contributed by atoms with Gasteiger partial charge in [-0.25, -0.2) is 0 Å². The highest BCUT2D eigenvalue weighted by molar-refractivity contribution is 4.47. The van der Waals surface area contributed by atoms with Gasteiger partial charge in [0.1, 0.15) is 0 Å². The lowest BCUT2D eigenvalue weighted by Crippen LogP contribution is -2.12. The third kappa shape index (κ3) is 7.82. The molecule has 0 aliphatic heterocycles. The zero-order valence-corrected chi connectivity index (χ0v) is 7.64. The Labute approximate surface area is 69.9 Å². The largest absolute Gasteiger partial charge is 0.379 e. The van der Waals surface area contributed by atoms with E-state index >= 15 is 0 Å². The van der Waals surface area contributed by atoms with Crippen LogP contribution in [0.5, 0.6) is 0 Å². The van der Waals surface area contributed by atoms with Crippen LogP contribution >= 0.6 is 0 Å². The van der Waals surface area contributed by atoms with Crippen LogP contribution in [0.4, 0.5) is 0 Å². The molecule has 0 aromatic heterocycles. The summed E-state index contributed by atoms with van der Waals surface area (Å²) in [7, 11) is 0. The van der Waals surface area contributed by atoms with E-state index in [9.17, 15) is 0 Å². The first-order chi connectivity index (χ1) is 5.31. The van der Waals surface area contributed by atoms with Gasteiger partial charge in [-0.05, 0) is 20.3 Å². The molecule has 0 aliphatic carbocycles. The number of rotatable bonds is 7. The minimum atomic E-state index is 0.369. The fraction of sp³-hybridized carbons (Fsp3) is 0.889. The highest BCUT2D eigenvalue weighted by atomic mass is 16.5. The quantitative estimate of drug-likeness (QED) is 0.529. The van der Waals surface area contributed by atoms with Crippen LogP contribution in [0.25, 0.3) is 0 Å². The van der Waals surface area contributed by atoms with Crippen molar-refractivity contribution >= 4 is 0 Å². The maximum absolute atomic E-state index is 5.43. The minimum absolute atomic E-state index is 0.369. The van der Waals surface area contributed by atoms with E-state index < -0.39 is 0 Å². The SMILES string of the molecule is [CH2]COCCOC(C)CCC. The Hall–Kier alpha value is -0.0800. The Bertz CT molecular complexity index is 74.0. The molecule has 0 bridgehead atoms. The molecule has 2 heteroatoms. The first kappa shape index (κ1) is 10.9. The standard InChI is InChI=1S/C9H19O2/c1-4-6-9(3)11-8-7-10-5-2/h9H,2,4-8H2,1,3H3. The molecule has 0 aromatic rings. The zero-order chi connectivity index (χ0) is 8.53. The minimum Gasteiger partial charge on any atom is -0.379 e. The molecule has 0 saturated carbocycles. The van der Waals surface area contributed by atoms with Crippen molar-refractivity contribution in [3.8, 4) is 0 Å². The van der Waals surface area contributed by atoms with Crippen molar-refractivity contribution in [1.82, 2.24) is 0 Å². The molecule has 0 saturated heterocycles. The van der Waals surface area contributed by atoms with Gasteiger partial charge in [-0.3, -0.25) is 0 Å². The van der Waals surface area contributed by atoms with Crippen molar-refractivity contribution in [3.05, 3.63) is 6.92 Å². The van der Waals surface area contributed by atoms with Gasteiger partial charge < -0.3 is 9.47 Å². The average Bonchev–Trinajstić information content (AvgIpc) is 1.99. The van der Waals surface area contributed by atoms with Crippen LogP contribution < -0.4 is 0 Å². The zero-order valence-electron chi connectivity index (χ0n) is 7.64. The van der Waals surface area contributed by atoms with Crippen LogP contribution in [0, 0.1) is 6.92 Å². The predicted molar refractivity (Wildman–Crippen MR) is 46.5 cm³/mol. The van der Waals surface area contributed by atoms with Gasteiger partial charge >= 0.3 is 0 Å². The third-order valence-electron chi connectivity index (χ3n) is 1.47. The molecule has 0 aliphatic rings. The molecule has 67 valence electrons. The van der Waals surface area contributed by atoms with Gasteiger partial charge in [0.2, 0.25) is 0 Å². The van der Waals surface area contributed by atoms with Gasteiger partial charge in [-0.2, -0.15) is 0 Å². The van der Waals surface area contributed by atoms with E-state index in [4.69, 9.17) is 9.47 Å². The van der Waals surface area contributed by atoms with E-state index in [1.54, 1.807) is 0 Å². The Morgan fingerprint density at radius 2 is 2.09 bits per heavy atom. The highest BCUT2D eigenvalue weighted by Crippen LogP contribution is 1.99. The summed E-state index contributed by atoms with van der Waals surface area (Å²) >= 11 is 0. The summed E-state index contributed by atoms with van der Waals surface area (Å²) in [5, 5.41) is 0. The van der Waals surface area contributed by atoms with Gasteiger partial charge in [0.15, 0.2) is 0 Å². The Morgan fingerprint density at radius 3 is 2.64 bits per heavy atom. The van der Waals surface area contributed by atoms with Crippen LogP contribution in [0.15, 0.2) is 0 Å². The third-order valence-corrected chi connectivity index (χ3v) is 1.47. The molecule has 1 unspecified atom stereocenters. The second-order valence-electron chi connectivity index (χ2n) is 2.58. The van der Waals surface area contributed by atoms with Crippen LogP contribution in [0.3, 0.4) is 0 Å². The van der Waals surface area contributed by atoms with Crippen molar-refractivity contribution in [2.75, 3.05) is 19.8 Å². The fourth-order valence-corrected chi connectivity index (χ4v) is 0.900. The van der Waals surface area contributed by atoms with Gasteiger partial charge in [-0.15, -0.1) is 0 Å². The van der Waals surface area contributed by atoms with Crippen molar-refractivity contribution in [2.24, 2.45) is 0 Å². The molecule has 0 heterocycles. The normalized spacial score (nSPS) is 13.4. The van der Waals surface area contributed by atoms with Crippen molar-refractivity contribution in [3.63, 3.8) is 0 Å². The molecule has 0 aromatic carbocycles. The smallest absolute Gasteiger partial charge is 0.0704 e. The summed E-state index contributed by atoms with van der Waals surface area (Å²) in [4.78, 5) is 0. The summed E-state index contributed by atoms with van der Waals surface area (Å²) in [6.07, 6.45) is 2.68. The van der Waals surface area contributed by atoms with Crippen molar-refractivity contribution in [2.45, 2.75) is 32.8 Å². The van der Waals surface area contributed by atoms with E-state index in [-0.39, 0.29) is 0 Å². The lowest BCUT2D eigenvalue weighted by atomic mass is 10.2. The summed E-state index contributed by atoms with van der Waals surface area (Å²) in [6, 6.07) is 0. The van der Waals surface area contributed by atoms with E-state index in [0.29, 0.717) is 25.9 Å². The van der Waals surface area contributed by atoms with Crippen LogP contribution in [0.2, 0.25) is 0 Å². The van der Waals surface area contributed by atoms with Gasteiger partial charge in [-0.1, -0.05) is 13.3 Å². The molecule has 0 amide bonds. The second kappa shape index (κ2) is 8.02. The topological polar surface area (TPSA) is 18.5 Å². The van der Waals surface area contributed by atoms with Gasteiger partial charge in [0, 0.05) is 6.61 Å². The summed E-state index contributed by atoms with van der Waals surface area (Å²) in [6.45, 7) is 9.70. The van der Waals surface area contributed by atoms with Crippen LogP contribution in [0.1, 0.15) is 26.7 Å². The molecule has 1 atom stereocenters. The molecular weight excluding hydrogens is 140 g/mol. The van der Waals surface area contributed by atoms with Crippen LogP contribution in [-0.4, -0.2) is 25.9 Å². The lowest BCUT2D eigenvalue weighted by molar-refractivity contribution is 0.0149. The number of ether oxygens (including phenoxy) is 2. The van der Waals surface area contributed by atoms with Gasteiger partial charge in [0.05, 0.1) is 19.3 Å². The molecule has 2 nitrogen and oxygen atoms in total. The molecule has 0 fully saturated rings. The van der Waals surface area contributed by atoms with E-state index in [0.717, 1.165) is 6.42 Å². The average molecular weight is 159 g/mol. The van der Waals surface area contributed by atoms with Gasteiger partial charge in [0.25, 0.3) is 0 Å². The molecular formula is C9H19O2. The summed E-state index contributed by atoms with van der Waals surface area (Å²) in [5.41, 5.74) is 0. The van der Waals surface area contributed by atoms with E-state index in [2.05, 4.69) is 20.8 Å². The first-order valence-corrected chi connectivity index (χ1v) is 4.29. The molecule has 0 spiro atoms. The summed E-state index contributed by atoms with van der Waals surface area (Å²) in [5.74, 6) is 0. The first-order valence-electron chi connectivity index (χ1n) is 4.29. The van der Waals surface area contributed by atoms with E-state index in [1.165, 1.54) is 6.42 Å². The Morgan fingerprint density at radius 1 is 1.36 bits per heavy atom. The maximum atomic E-state index is 5.43. The second-order valence-corrected chi connectivity index (χ2v) is 2.58. The maximum Gasteiger partial charge on any atom is 0.0704 e. The fourth-order valence-electron chi connectivity index (χ4n) is 0.900. The van der Waals surface area contributed by atoms with Crippen LogP contribution in [-0.2, 0) is 9.47 Å².